The van der Waals surface area contributed by atoms with Gasteiger partial charge in [-0.1, -0.05) is 40.9 Å². The summed E-state index contributed by atoms with van der Waals surface area (Å²) >= 11 is 21.7. The lowest BCUT2D eigenvalue weighted by Crippen LogP contribution is -2.22. The maximum atomic E-state index is 11.6. The Balaban J connectivity index is 1.80. The molecule has 0 spiro atoms. The number of hydrogen-bond donors (Lipinski definition) is 2. The molecule has 0 saturated carbocycles. The van der Waals surface area contributed by atoms with Crippen molar-refractivity contribution in [1.82, 2.24) is 10.6 Å². The molecule has 1 saturated heterocycles. The van der Waals surface area contributed by atoms with E-state index in [0.717, 1.165) is 5.56 Å². The Kier molecular flexibility index (Phi) is 5.77. The van der Waals surface area contributed by atoms with Gasteiger partial charge < -0.3 is 10.1 Å². The second kappa shape index (κ2) is 7.88. The fourth-order valence-electron chi connectivity index (χ4n) is 2.24. The molecule has 2 aromatic rings. The van der Waals surface area contributed by atoms with E-state index in [1.807, 2.05) is 0 Å². The Morgan fingerprint density at radius 1 is 1.04 bits per heavy atom. The first-order chi connectivity index (χ1) is 12.3. The van der Waals surface area contributed by atoms with Crippen molar-refractivity contribution in [3.05, 3.63) is 66.7 Å². The van der Waals surface area contributed by atoms with Crippen LogP contribution in [0.4, 0.5) is 4.79 Å². The summed E-state index contributed by atoms with van der Waals surface area (Å²) in [5.41, 5.74) is 1.52. The zero-order chi connectivity index (χ0) is 18.8. The number of imide groups is 1. The average molecular weight is 477 g/mol. The second-order valence-corrected chi connectivity index (χ2v) is 7.41. The third kappa shape index (κ3) is 4.32. The lowest BCUT2D eigenvalue weighted by Gasteiger charge is -2.12. The Bertz CT molecular complexity index is 924. The van der Waals surface area contributed by atoms with Gasteiger partial charge in [0.15, 0.2) is 5.75 Å². The van der Waals surface area contributed by atoms with E-state index in [1.165, 1.54) is 6.08 Å². The number of amides is 3. The van der Waals surface area contributed by atoms with E-state index in [1.54, 1.807) is 30.3 Å². The lowest BCUT2D eigenvalue weighted by atomic mass is 10.2. The van der Waals surface area contributed by atoms with Crippen molar-refractivity contribution in [2.75, 3.05) is 0 Å². The first-order valence-corrected chi connectivity index (χ1v) is 9.16. The Morgan fingerprint density at radius 3 is 2.42 bits per heavy atom. The quantitative estimate of drug-likeness (QED) is 0.473. The van der Waals surface area contributed by atoms with Crippen molar-refractivity contribution in [3.8, 4) is 5.75 Å². The van der Waals surface area contributed by atoms with Crippen LogP contribution in [0.2, 0.25) is 15.1 Å². The highest BCUT2D eigenvalue weighted by atomic mass is 79.9. The molecule has 1 aliphatic heterocycles. The maximum Gasteiger partial charge on any atom is 0.326 e. The van der Waals surface area contributed by atoms with Gasteiger partial charge in [0.1, 0.15) is 12.3 Å². The van der Waals surface area contributed by atoms with Crippen molar-refractivity contribution in [3.63, 3.8) is 0 Å². The van der Waals surface area contributed by atoms with Gasteiger partial charge in [-0.25, -0.2) is 4.79 Å². The molecule has 0 radical (unpaired) electrons. The van der Waals surface area contributed by atoms with E-state index in [0.29, 0.717) is 30.9 Å². The highest BCUT2D eigenvalue weighted by molar-refractivity contribution is 9.10. The Labute approximate surface area is 172 Å². The third-order valence-corrected chi connectivity index (χ3v) is 4.90. The van der Waals surface area contributed by atoms with Gasteiger partial charge >= 0.3 is 6.03 Å². The smallest absolute Gasteiger partial charge is 0.326 e. The summed E-state index contributed by atoms with van der Waals surface area (Å²) in [4.78, 5) is 22.7. The molecular weight excluding hydrogens is 466 g/mol. The molecule has 2 N–H and O–H groups in total. The lowest BCUT2D eigenvalue weighted by molar-refractivity contribution is -0.115. The summed E-state index contributed by atoms with van der Waals surface area (Å²) < 4.78 is 6.35. The molecule has 0 unspecified atom stereocenters. The van der Waals surface area contributed by atoms with Crippen molar-refractivity contribution < 1.29 is 14.3 Å². The molecule has 134 valence electrons. The van der Waals surface area contributed by atoms with Crippen LogP contribution in [0.25, 0.3) is 6.08 Å². The van der Waals surface area contributed by atoms with Crippen molar-refractivity contribution in [2.24, 2.45) is 0 Å². The minimum absolute atomic E-state index is 0.139. The molecule has 26 heavy (non-hydrogen) atoms. The van der Waals surface area contributed by atoms with Gasteiger partial charge in [-0.05, 0) is 51.8 Å². The van der Waals surface area contributed by atoms with Gasteiger partial charge in [-0.2, -0.15) is 0 Å². The van der Waals surface area contributed by atoms with Crippen molar-refractivity contribution in [2.45, 2.75) is 6.61 Å². The number of hydrogen-bond acceptors (Lipinski definition) is 3. The third-order valence-electron chi connectivity index (χ3n) is 3.44. The van der Waals surface area contributed by atoms with E-state index in [9.17, 15) is 9.59 Å². The summed E-state index contributed by atoms with van der Waals surface area (Å²) in [5, 5.41) is 5.91. The number of carbonyl (C=O) groups excluding carboxylic acids is 2. The zero-order valence-corrected chi connectivity index (χ0v) is 16.8. The molecule has 0 aliphatic carbocycles. The molecule has 0 aromatic heterocycles. The number of rotatable bonds is 4. The van der Waals surface area contributed by atoms with E-state index >= 15 is 0 Å². The van der Waals surface area contributed by atoms with Gasteiger partial charge in [0.2, 0.25) is 0 Å². The van der Waals surface area contributed by atoms with Crippen LogP contribution in [0.3, 0.4) is 0 Å². The molecule has 0 bridgehead atoms. The van der Waals surface area contributed by atoms with Crippen LogP contribution in [-0.2, 0) is 11.4 Å². The van der Waals surface area contributed by atoms with E-state index in [2.05, 4.69) is 26.6 Å². The number of urea groups is 1. The number of ether oxygens (including phenoxy) is 1. The van der Waals surface area contributed by atoms with Gasteiger partial charge in [-0.15, -0.1) is 0 Å². The SMILES string of the molecule is O=C1NC(=O)/C(=C/c2cc(Cl)c(OCc3ccc(Cl)cc3Cl)c(Br)c2)N1. The molecule has 2 aromatic carbocycles. The second-order valence-electron chi connectivity index (χ2n) is 5.30. The monoisotopic (exact) mass is 474 g/mol. The summed E-state index contributed by atoms with van der Waals surface area (Å²) in [6.45, 7) is 0.202. The minimum Gasteiger partial charge on any atom is -0.486 e. The van der Waals surface area contributed by atoms with E-state index in [-0.39, 0.29) is 12.3 Å². The van der Waals surface area contributed by atoms with Crippen LogP contribution in [0.5, 0.6) is 5.75 Å². The molecule has 1 aliphatic rings. The van der Waals surface area contributed by atoms with Crippen LogP contribution in [-0.4, -0.2) is 11.9 Å². The zero-order valence-electron chi connectivity index (χ0n) is 12.9. The molecule has 3 rings (SSSR count). The van der Waals surface area contributed by atoms with Gasteiger partial charge in [0.25, 0.3) is 5.91 Å². The Hall–Kier alpha value is -1.73. The standard InChI is InChI=1S/C17H10BrCl3N2O3/c18-11-3-8(5-14-16(24)23-17(25)22-14)4-13(21)15(11)26-7-9-1-2-10(19)6-12(9)20/h1-6H,7H2,(H2,22,23,24,25)/b14-5-. The predicted octanol–water partition coefficient (Wildman–Crippen LogP) is 5.17. The maximum absolute atomic E-state index is 11.6. The fraction of sp³-hybridized carbons (Fsp3) is 0.0588. The summed E-state index contributed by atoms with van der Waals surface area (Å²) in [6.07, 6.45) is 1.51. The highest BCUT2D eigenvalue weighted by Gasteiger charge is 2.23. The van der Waals surface area contributed by atoms with Crippen LogP contribution < -0.4 is 15.4 Å². The summed E-state index contributed by atoms with van der Waals surface area (Å²) in [7, 11) is 0. The number of nitrogens with one attached hydrogen (secondary N) is 2. The van der Waals surface area contributed by atoms with Gasteiger partial charge in [0, 0.05) is 15.6 Å². The molecule has 5 nitrogen and oxygen atoms in total. The van der Waals surface area contributed by atoms with Crippen LogP contribution in [0.1, 0.15) is 11.1 Å². The van der Waals surface area contributed by atoms with E-state index in [4.69, 9.17) is 39.5 Å². The van der Waals surface area contributed by atoms with Crippen LogP contribution in [0, 0.1) is 0 Å². The molecule has 1 fully saturated rings. The summed E-state index contributed by atoms with van der Waals surface area (Å²) in [6, 6.07) is 7.90. The van der Waals surface area contributed by atoms with Gasteiger partial charge in [0.05, 0.1) is 9.50 Å². The van der Waals surface area contributed by atoms with E-state index < -0.39 is 11.9 Å². The first kappa shape index (κ1) is 19.0. The fourth-order valence-corrected chi connectivity index (χ4v) is 3.69. The molecule has 3 amide bonds. The minimum atomic E-state index is -0.564. The number of halogens is 4. The molecular formula is C17H10BrCl3N2O3. The molecule has 9 heteroatoms. The highest BCUT2D eigenvalue weighted by Crippen LogP contribution is 2.36. The van der Waals surface area contributed by atoms with Crippen molar-refractivity contribution >= 4 is 68.7 Å². The molecule has 1 heterocycles. The van der Waals surface area contributed by atoms with Crippen molar-refractivity contribution in [1.29, 1.82) is 0 Å². The van der Waals surface area contributed by atoms with Crippen LogP contribution in [0.15, 0.2) is 40.5 Å². The normalized spacial score (nSPS) is 15.2. The summed E-state index contributed by atoms with van der Waals surface area (Å²) in [5.74, 6) is -0.0697. The largest absolute Gasteiger partial charge is 0.486 e. The average Bonchev–Trinajstić information content (AvgIpc) is 2.86. The van der Waals surface area contributed by atoms with Crippen LogP contribution >= 0.6 is 50.7 Å². The number of benzene rings is 2. The Morgan fingerprint density at radius 2 is 1.81 bits per heavy atom. The first-order valence-electron chi connectivity index (χ1n) is 7.23. The number of carbonyl (C=O) groups is 2. The topological polar surface area (TPSA) is 67.4 Å². The van der Waals surface area contributed by atoms with Gasteiger partial charge in [-0.3, -0.25) is 10.1 Å². The molecule has 0 atom stereocenters. The predicted molar refractivity (Wildman–Crippen MR) is 105 cm³/mol.